The first-order valence-electron chi connectivity index (χ1n) is 7.92. The van der Waals surface area contributed by atoms with E-state index in [2.05, 4.69) is 69.1 Å². The smallest absolute Gasteiger partial charge is 0.0340 e. The Labute approximate surface area is 124 Å². The van der Waals surface area contributed by atoms with Crippen LogP contribution in [0.1, 0.15) is 40.0 Å². The number of rotatable bonds is 4. The zero-order valence-electron chi connectivity index (χ0n) is 13.2. The summed E-state index contributed by atoms with van der Waals surface area (Å²) < 4.78 is 0. The van der Waals surface area contributed by atoms with Crippen molar-refractivity contribution in [3.8, 4) is 0 Å². The van der Waals surface area contributed by atoms with Gasteiger partial charge in [0.1, 0.15) is 0 Å². The summed E-state index contributed by atoms with van der Waals surface area (Å²) in [6, 6.07) is 10.6. The predicted molar refractivity (Wildman–Crippen MR) is 88.9 cm³/mol. The largest absolute Gasteiger partial charge is 0.385 e. The van der Waals surface area contributed by atoms with Gasteiger partial charge in [-0.25, -0.2) is 0 Å². The van der Waals surface area contributed by atoms with E-state index >= 15 is 0 Å². The second-order valence-corrected chi connectivity index (χ2v) is 7.29. The molecule has 0 aromatic heterocycles. The maximum atomic E-state index is 4.00. The minimum Gasteiger partial charge on any atom is -0.385 e. The van der Waals surface area contributed by atoms with Crippen molar-refractivity contribution >= 4 is 5.69 Å². The van der Waals surface area contributed by atoms with Crippen molar-refractivity contribution in [2.24, 2.45) is 23.2 Å². The van der Waals surface area contributed by atoms with Crippen LogP contribution in [0.25, 0.3) is 0 Å². The fourth-order valence-electron chi connectivity index (χ4n) is 3.59. The van der Waals surface area contributed by atoms with Gasteiger partial charge >= 0.3 is 0 Å². The Bertz CT molecular complexity index is 415. The Morgan fingerprint density at radius 3 is 2.50 bits per heavy atom. The van der Waals surface area contributed by atoms with E-state index < -0.39 is 0 Å². The minimum absolute atomic E-state index is 0.380. The Morgan fingerprint density at radius 2 is 1.90 bits per heavy atom. The average Bonchev–Trinajstić information content (AvgIpc) is 2.45. The molecule has 1 nitrogen and oxygen atoms in total. The summed E-state index contributed by atoms with van der Waals surface area (Å²) in [6.45, 7) is 12.3. The van der Waals surface area contributed by atoms with Crippen LogP contribution in [0.15, 0.2) is 43.0 Å². The molecule has 1 saturated carbocycles. The fraction of sp³-hybridized carbons (Fsp3) is 0.579. The summed E-state index contributed by atoms with van der Waals surface area (Å²) in [4.78, 5) is 0. The molecular formula is C19H29N. The van der Waals surface area contributed by atoms with Crippen molar-refractivity contribution < 1.29 is 0 Å². The monoisotopic (exact) mass is 271 g/mol. The predicted octanol–water partition coefficient (Wildman–Crippen LogP) is 5.36. The second kappa shape index (κ2) is 6.47. The van der Waals surface area contributed by atoms with Crippen LogP contribution in [0.4, 0.5) is 5.69 Å². The van der Waals surface area contributed by atoms with Gasteiger partial charge in [0.15, 0.2) is 0 Å². The van der Waals surface area contributed by atoms with Gasteiger partial charge in [0.2, 0.25) is 0 Å². The van der Waals surface area contributed by atoms with Crippen LogP contribution in [0, 0.1) is 23.2 Å². The summed E-state index contributed by atoms with van der Waals surface area (Å²) in [5, 5.41) is 3.62. The molecule has 1 fully saturated rings. The van der Waals surface area contributed by atoms with Crippen molar-refractivity contribution in [2.45, 2.75) is 40.0 Å². The van der Waals surface area contributed by atoms with Gasteiger partial charge in [-0.15, -0.1) is 6.58 Å². The molecule has 0 spiro atoms. The van der Waals surface area contributed by atoms with Crippen LogP contribution >= 0.6 is 0 Å². The molecule has 0 bridgehead atoms. The van der Waals surface area contributed by atoms with Gasteiger partial charge in [-0.3, -0.25) is 0 Å². The molecule has 1 aliphatic carbocycles. The van der Waals surface area contributed by atoms with E-state index in [4.69, 9.17) is 0 Å². The summed E-state index contributed by atoms with van der Waals surface area (Å²) in [5.74, 6) is 2.26. The van der Waals surface area contributed by atoms with Gasteiger partial charge in [-0.2, -0.15) is 0 Å². The highest BCUT2D eigenvalue weighted by atomic mass is 14.9. The number of benzene rings is 1. The van der Waals surface area contributed by atoms with Gasteiger partial charge < -0.3 is 5.32 Å². The zero-order chi connectivity index (χ0) is 14.6. The maximum Gasteiger partial charge on any atom is 0.0340 e. The Hall–Kier alpha value is -1.24. The molecule has 1 heteroatoms. The van der Waals surface area contributed by atoms with Gasteiger partial charge in [0.05, 0.1) is 0 Å². The number of anilines is 1. The van der Waals surface area contributed by atoms with Crippen LogP contribution in [0.3, 0.4) is 0 Å². The molecule has 2 rings (SSSR count). The topological polar surface area (TPSA) is 12.0 Å². The van der Waals surface area contributed by atoms with E-state index in [1.807, 2.05) is 0 Å². The minimum atomic E-state index is 0.380. The third-order valence-electron chi connectivity index (χ3n) is 4.82. The van der Waals surface area contributed by atoms with Crippen LogP contribution in [0.2, 0.25) is 0 Å². The third-order valence-corrected chi connectivity index (χ3v) is 4.82. The summed E-state index contributed by atoms with van der Waals surface area (Å²) >= 11 is 0. The summed E-state index contributed by atoms with van der Waals surface area (Å²) in [6.07, 6.45) is 6.09. The highest BCUT2D eigenvalue weighted by Crippen LogP contribution is 2.44. The molecule has 0 radical (unpaired) electrons. The van der Waals surface area contributed by atoms with Gasteiger partial charge in [0.25, 0.3) is 0 Å². The Kier molecular flexibility index (Phi) is 4.91. The van der Waals surface area contributed by atoms with Crippen molar-refractivity contribution in [2.75, 3.05) is 11.9 Å². The normalized spacial score (nSPS) is 27.1. The molecule has 0 saturated heterocycles. The molecule has 110 valence electrons. The fourth-order valence-corrected chi connectivity index (χ4v) is 3.59. The molecule has 1 aromatic rings. The molecule has 0 aliphatic heterocycles. The number of nitrogens with one attached hydrogen (secondary N) is 1. The SMILES string of the molecule is C=CC1CCC(CNc2ccccc2)C(C(C)(C)C)C1. The van der Waals surface area contributed by atoms with E-state index in [0.717, 1.165) is 18.4 Å². The van der Waals surface area contributed by atoms with Gasteiger partial charge in [-0.1, -0.05) is 45.0 Å². The molecule has 1 aromatic carbocycles. The van der Waals surface area contributed by atoms with E-state index in [-0.39, 0.29) is 0 Å². The third kappa shape index (κ3) is 3.88. The summed E-state index contributed by atoms with van der Waals surface area (Å²) in [5.41, 5.74) is 1.62. The lowest BCUT2D eigenvalue weighted by atomic mass is 9.63. The van der Waals surface area contributed by atoms with Crippen molar-refractivity contribution in [1.82, 2.24) is 0 Å². The average molecular weight is 271 g/mol. The number of hydrogen-bond acceptors (Lipinski definition) is 1. The van der Waals surface area contributed by atoms with Gasteiger partial charge in [-0.05, 0) is 54.6 Å². The molecule has 3 atom stereocenters. The maximum absolute atomic E-state index is 4.00. The quantitative estimate of drug-likeness (QED) is 0.727. The molecular weight excluding hydrogens is 242 g/mol. The molecule has 0 amide bonds. The van der Waals surface area contributed by atoms with Crippen molar-refractivity contribution in [3.63, 3.8) is 0 Å². The van der Waals surface area contributed by atoms with Crippen molar-refractivity contribution in [3.05, 3.63) is 43.0 Å². The molecule has 3 unspecified atom stereocenters. The highest BCUT2D eigenvalue weighted by Gasteiger charge is 2.36. The Morgan fingerprint density at radius 1 is 1.20 bits per heavy atom. The first-order chi connectivity index (χ1) is 9.50. The van der Waals surface area contributed by atoms with E-state index in [0.29, 0.717) is 11.3 Å². The van der Waals surface area contributed by atoms with E-state index in [1.165, 1.54) is 24.9 Å². The zero-order valence-corrected chi connectivity index (χ0v) is 13.2. The molecule has 1 N–H and O–H groups in total. The lowest BCUT2D eigenvalue weighted by molar-refractivity contribution is 0.0958. The van der Waals surface area contributed by atoms with Crippen LogP contribution < -0.4 is 5.32 Å². The van der Waals surface area contributed by atoms with E-state index in [9.17, 15) is 0 Å². The lowest BCUT2D eigenvalue weighted by Crippen LogP contribution is -2.37. The first kappa shape index (κ1) is 15.2. The lowest BCUT2D eigenvalue weighted by Gasteiger charge is -2.43. The standard InChI is InChI=1S/C19H29N/c1-5-15-11-12-16(18(13-15)19(2,3)4)14-20-17-9-7-6-8-10-17/h5-10,15-16,18,20H,1,11-14H2,2-4H3. The van der Waals surface area contributed by atoms with Crippen LogP contribution in [-0.4, -0.2) is 6.54 Å². The Balaban J connectivity index is 1.99. The van der Waals surface area contributed by atoms with Crippen LogP contribution in [0.5, 0.6) is 0 Å². The number of allylic oxidation sites excluding steroid dienone is 1. The van der Waals surface area contributed by atoms with Gasteiger partial charge in [0, 0.05) is 12.2 Å². The number of para-hydroxylation sites is 1. The molecule has 0 heterocycles. The van der Waals surface area contributed by atoms with Crippen molar-refractivity contribution in [1.29, 1.82) is 0 Å². The van der Waals surface area contributed by atoms with Crippen LogP contribution in [-0.2, 0) is 0 Å². The summed E-state index contributed by atoms with van der Waals surface area (Å²) in [7, 11) is 0. The van der Waals surface area contributed by atoms with E-state index in [1.54, 1.807) is 0 Å². The first-order valence-corrected chi connectivity index (χ1v) is 7.92. The molecule has 1 aliphatic rings. The molecule has 20 heavy (non-hydrogen) atoms. The number of hydrogen-bond donors (Lipinski definition) is 1. The highest BCUT2D eigenvalue weighted by molar-refractivity contribution is 5.42. The second-order valence-electron chi connectivity index (χ2n) is 7.29.